The van der Waals surface area contributed by atoms with Crippen molar-refractivity contribution in [2.45, 2.75) is 52.4 Å². The molecule has 0 radical (unpaired) electrons. The maximum absolute atomic E-state index is 2.44. The highest BCUT2D eigenvalue weighted by Gasteiger charge is 2.33. The van der Waals surface area contributed by atoms with Crippen LogP contribution in [0, 0.1) is 0 Å². The van der Waals surface area contributed by atoms with Crippen LogP contribution in [0.5, 0.6) is 0 Å². The molecule has 9 rings (SSSR count). The van der Waals surface area contributed by atoms with Crippen molar-refractivity contribution in [2.75, 3.05) is 4.90 Å². The Bertz CT molecular complexity index is 2650. The first-order valence-electron chi connectivity index (χ1n) is 18.9. The molecule has 8 aromatic rings. The minimum Gasteiger partial charge on any atom is -0.310 e. The van der Waals surface area contributed by atoms with Gasteiger partial charge in [0.2, 0.25) is 0 Å². The lowest BCUT2D eigenvalue weighted by atomic mass is 9.70. The summed E-state index contributed by atoms with van der Waals surface area (Å²) in [6.07, 6.45) is 0. The van der Waals surface area contributed by atoms with Crippen LogP contribution in [0.25, 0.3) is 66.1 Å². The van der Waals surface area contributed by atoms with Crippen LogP contribution in [0.4, 0.5) is 17.1 Å². The zero-order valence-electron chi connectivity index (χ0n) is 31.5. The fourth-order valence-electron chi connectivity index (χ4n) is 8.23. The van der Waals surface area contributed by atoms with Gasteiger partial charge in [-0.15, -0.1) is 0 Å². The first kappa shape index (κ1) is 33.0. The van der Waals surface area contributed by atoms with E-state index in [0.717, 1.165) is 11.4 Å². The van der Waals surface area contributed by atoms with E-state index in [-0.39, 0.29) is 10.8 Å². The van der Waals surface area contributed by atoms with Crippen LogP contribution in [0.15, 0.2) is 164 Å². The lowest BCUT2D eigenvalue weighted by Gasteiger charge is -2.33. The molecule has 53 heavy (non-hydrogen) atoms. The van der Waals surface area contributed by atoms with E-state index in [2.05, 4.69) is 210 Å². The lowest BCUT2D eigenvalue weighted by Crippen LogP contribution is -2.15. The summed E-state index contributed by atoms with van der Waals surface area (Å²) in [5, 5.41) is 5.07. The molecule has 1 nitrogen and oxygen atoms in total. The van der Waals surface area contributed by atoms with E-state index in [1.165, 1.54) is 82.9 Å². The number of nitrogens with zero attached hydrogens (tertiary/aromatic N) is 1. The molecule has 1 aliphatic rings. The molecule has 0 heterocycles. The second-order valence-electron chi connectivity index (χ2n) is 16.6. The third-order valence-electron chi connectivity index (χ3n) is 11.1. The van der Waals surface area contributed by atoms with E-state index in [1.807, 2.05) is 0 Å². The van der Waals surface area contributed by atoms with Crippen molar-refractivity contribution >= 4 is 38.6 Å². The minimum absolute atomic E-state index is 0.0378. The Morgan fingerprint density at radius 1 is 0.340 bits per heavy atom. The van der Waals surface area contributed by atoms with E-state index >= 15 is 0 Å². The SMILES string of the molecule is CC(C)(C)c1ccc(N(c2cccc(C(C)(C)C)c2)c2ccc3cc4c(cc3c2)-c2c-4c(-c3ccccc3)c3ccccc3c2-c2ccccc2)cc1. The molecule has 0 spiro atoms. The Morgan fingerprint density at radius 3 is 1.38 bits per heavy atom. The second-order valence-corrected chi connectivity index (χ2v) is 16.6. The number of benzene rings is 8. The second kappa shape index (κ2) is 12.3. The summed E-state index contributed by atoms with van der Waals surface area (Å²) >= 11 is 0. The molecule has 0 fully saturated rings. The molecule has 8 aromatic carbocycles. The van der Waals surface area contributed by atoms with Crippen molar-refractivity contribution in [3.8, 4) is 44.5 Å². The van der Waals surface area contributed by atoms with Gasteiger partial charge in [0.05, 0.1) is 0 Å². The first-order valence-corrected chi connectivity index (χ1v) is 18.9. The molecule has 0 amide bonds. The van der Waals surface area contributed by atoms with Gasteiger partial charge in [-0.2, -0.15) is 0 Å². The fraction of sp³-hybridized carbons (Fsp3) is 0.154. The normalized spacial score (nSPS) is 12.3. The average molecular weight is 684 g/mol. The maximum Gasteiger partial charge on any atom is 0.0468 e. The van der Waals surface area contributed by atoms with Gasteiger partial charge in [0.15, 0.2) is 0 Å². The van der Waals surface area contributed by atoms with E-state index in [1.54, 1.807) is 0 Å². The van der Waals surface area contributed by atoms with Crippen molar-refractivity contribution in [2.24, 2.45) is 0 Å². The molecule has 0 aromatic heterocycles. The molecule has 0 saturated carbocycles. The van der Waals surface area contributed by atoms with Gasteiger partial charge in [0.25, 0.3) is 0 Å². The quantitative estimate of drug-likeness (QED) is 0.175. The monoisotopic (exact) mass is 683 g/mol. The van der Waals surface area contributed by atoms with Gasteiger partial charge in [0.1, 0.15) is 0 Å². The summed E-state index contributed by atoms with van der Waals surface area (Å²) in [4.78, 5) is 2.42. The standard InChI is InChI=1S/C52H45N/c1-51(2,3)38-25-28-40(29-26-38)53(41-21-15-20-39(33-41)52(4,5)6)42-27-24-36-31-45-46(32-37(36)30-42)50-48(35-18-11-8-12-19-35)44-23-14-13-22-43(44)47(49(45)50)34-16-9-7-10-17-34/h7-33H,1-6H3. The van der Waals surface area contributed by atoms with Crippen LogP contribution >= 0.6 is 0 Å². The molecular formula is C52H45N. The third-order valence-corrected chi connectivity index (χ3v) is 11.1. The minimum atomic E-state index is 0.0378. The van der Waals surface area contributed by atoms with E-state index in [0.29, 0.717) is 0 Å². The van der Waals surface area contributed by atoms with Gasteiger partial charge in [-0.1, -0.05) is 157 Å². The largest absolute Gasteiger partial charge is 0.310 e. The zero-order chi connectivity index (χ0) is 36.5. The van der Waals surface area contributed by atoms with Crippen LogP contribution < -0.4 is 4.90 Å². The van der Waals surface area contributed by atoms with Crippen LogP contribution in [0.2, 0.25) is 0 Å². The predicted octanol–water partition coefficient (Wildman–Crippen LogP) is 15.0. The molecule has 1 heteroatoms. The summed E-state index contributed by atoms with van der Waals surface area (Å²) < 4.78 is 0. The van der Waals surface area contributed by atoms with Crippen molar-refractivity contribution in [3.63, 3.8) is 0 Å². The maximum atomic E-state index is 2.44. The number of hydrogen-bond acceptors (Lipinski definition) is 1. The Kier molecular flexibility index (Phi) is 7.68. The van der Waals surface area contributed by atoms with Crippen LogP contribution in [0.1, 0.15) is 52.7 Å². The summed E-state index contributed by atoms with van der Waals surface area (Å²) in [6, 6.07) is 60.9. The summed E-state index contributed by atoms with van der Waals surface area (Å²) in [7, 11) is 0. The van der Waals surface area contributed by atoms with Gasteiger partial charge in [-0.3, -0.25) is 0 Å². The predicted molar refractivity (Wildman–Crippen MR) is 229 cm³/mol. The number of hydrogen-bond donors (Lipinski definition) is 0. The molecule has 0 atom stereocenters. The van der Waals surface area contributed by atoms with Crippen LogP contribution in [-0.4, -0.2) is 0 Å². The third kappa shape index (κ3) is 5.63. The highest BCUT2D eigenvalue weighted by atomic mass is 15.1. The Hall–Kier alpha value is -5.92. The van der Waals surface area contributed by atoms with E-state index < -0.39 is 0 Å². The van der Waals surface area contributed by atoms with Gasteiger partial charge in [-0.05, 0) is 137 Å². The van der Waals surface area contributed by atoms with E-state index in [4.69, 9.17) is 0 Å². The fourth-order valence-corrected chi connectivity index (χ4v) is 8.23. The molecular weight excluding hydrogens is 639 g/mol. The highest BCUT2D eigenvalue weighted by Crippen LogP contribution is 2.60. The molecule has 0 unspecified atom stereocenters. The Labute approximate surface area is 314 Å². The van der Waals surface area contributed by atoms with Crippen molar-refractivity contribution in [1.29, 1.82) is 0 Å². The number of fused-ring (bicyclic) bond motifs is 6. The van der Waals surface area contributed by atoms with Gasteiger partial charge >= 0.3 is 0 Å². The molecule has 258 valence electrons. The summed E-state index contributed by atoms with van der Waals surface area (Å²) in [5.41, 5.74) is 16.8. The molecule has 0 saturated heterocycles. The zero-order valence-corrected chi connectivity index (χ0v) is 31.5. The average Bonchev–Trinajstić information content (AvgIpc) is 3.16. The molecule has 0 N–H and O–H groups in total. The van der Waals surface area contributed by atoms with Crippen LogP contribution in [0.3, 0.4) is 0 Å². The van der Waals surface area contributed by atoms with Gasteiger partial charge in [0, 0.05) is 17.1 Å². The van der Waals surface area contributed by atoms with Gasteiger partial charge < -0.3 is 4.90 Å². The summed E-state index contributed by atoms with van der Waals surface area (Å²) in [5.74, 6) is 0. The van der Waals surface area contributed by atoms with Crippen molar-refractivity contribution < 1.29 is 0 Å². The first-order chi connectivity index (χ1) is 25.6. The number of rotatable bonds is 5. The summed E-state index contributed by atoms with van der Waals surface area (Å²) in [6.45, 7) is 13.7. The molecule has 0 bridgehead atoms. The van der Waals surface area contributed by atoms with Crippen molar-refractivity contribution in [1.82, 2.24) is 0 Å². The smallest absolute Gasteiger partial charge is 0.0468 e. The van der Waals surface area contributed by atoms with Crippen molar-refractivity contribution in [3.05, 3.63) is 175 Å². The Morgan fingerprint density at radius 2 is 0.830 bits per heavy atom. The van der Waals surface area contributed by atoms with E-state index in [9.17, 15) is 0 Å². The highest BCUT2D eigenvalue weighted by molar-refractivity contribution is 6.26. The Balaban J connectivity index is 1.26. The van der Waals surface area contributed by atoms with Crippen LogP contribution in [-0.2, 0) is 10.8 Å². The van der Waals surface area contributed by atoms with Gasteiger partial charge in [-0.25, -0.2) is 0 Å². The topological polar surface area (TPSA) is 3.24 Å². The number of anilines is 3. The molecule has 1 aliphatic carbocycles. The molecule has 0 aliphatic heterocycles. The lowest BCUT2D eigenvalue weighted by molar-refractivity contribution is 0.590.